The number of halogens is 2. The van der Waals surface area contributed by atoms with Gasteiger partial charge in [0.2, 0.25) is 0 Å². The van der Waals surface area contributed by atoms with E-state index in [2.05, 4.69) is 4.74 Å². The Hall–Kier alpha value is -1.91. The molecule has 0 atom stereocenters. The molecule has 0 radical (unpaired) electrons. The Morgan fingerprint density at radius 1 is 1.04 bits per heavy atom. The third-order valence-corrected chi connectivity index (χ3v) is 4.01. The van der Waals surface area contributed by atoms with E-state index in [9.17, 15) is 4.79 Å². The van der Waals surface area contributed by atoms with Crippen LogP contribution in [0.1, 0.15) is 16.7 Å². The van der Waals surface area contributed by atoms with Gasteiger partial charge in [0.1, 0.15) is 18.1 Å². The second kappa shape index (κ2) is 7.57. The number of aryl methyl sites for hydroxylation is 2. The van der Waals surface area contributed by atoms with E-state index >= 15 is 0 Å². The zero-order chi connectivity index (χ0) is 17.0. The Morgan fingerprint density at radius 2 is 1.74 bits per heavy atom. The molecule has 0 saturated heterocycles. The molecule has 2 aromatic carbocycles. The molecule has 0 heterocycles. The molecule has 2 rings (SSSR count). The van der Waals surface area contributed by atoms with Crippen molar-refractivity contribution in [3.8, 4) is 11.5 Å². The summed E-state index contributed by atoms with van der Waals surface area (Å²) in [5, 5.41) is 0.932. The van der Waals surface area contributed by atoms with Crippen molar-refractivity contribution in [3.63, 3.8) is 0 Å². The Morgan fingerprint density at radius 3 is 2.43 bits per heavy atom. The van der Waals surface area contributed by atoms with Gasteiger partial charge in [-0.2, -0.15) is 0 Å². The molecule has 0 bridgehead atoms. The molecule has 0 fully saturated rings. The first-order valence-electron chi connectivity index (χ1n) is 6.85. The van der Waals surface area contributed by atoms with Crippen molar-refractivity contribution < 1.29 is 19.0 Å². The van der Waals surface area contributed by atoms with Gasteiger partial charge >= 0.3 is 6.16 Å². The van der Waals surface area contributed by atoms with Crippen LogP contribution in [0.2, 0.25) is 10.0 Å². The molecule has 23 heavy (non-hydrogen) atoms. The molecule has 0 aromatic heterocycles. The van der Waals surface area contributed by atoms with Gasteiger partial charge < -0.3 is 14.2 Å². The van der Waals surface area contributed by atoms with Gasteiger partial charge in [0.15, 0.2) is 0 Å². The van der Waals surface area contributed by atoms with Gasteiger partial charge in [-0.25, -0.2) is 4.79 Å². The summed E-state index contributed by atoms with van der Waals surface area (Å²) >= 11 is 12.4. The quantitative estimate of drug-likeness (QED) is 0.549. The van der Waals surface area contributed by atoms with Gasteiger partial charge in [-0.3, -0.25) is 0 Å². The van der Waals surface area contributed by atoms with Gasteiger partial charge in [0.25, 0.3) is 0 Å². The zero-order valence-electron chi connectivity index (χ0n) is 13.0. The fourth-order valence-electron chi connectivity index (χ4n) is 1.92. The average molecular weight is 355 g/mol. The number of methoxy groups -OCH3 is 1. The highest BCUT2D eigenvalue weighted by atomic mass is 35.5. The molecule has 2 aromatic rings. The van der Waals surface area contributed by atoms with Gasteiger partial charge in [0, 0.05) is 0 Å². The number of hydrogen-bond acceptors (Lipinski definition) is 4. The molecular formula is C17H16Cl2O4. The predicted octanol–water partition coefficient (Wildman–Crippen LogP) is 5.33. The number of rotatable bonds is 4. The maximum Gasteiger partial charge on any atom is 0.513 e. The molecule has 0 unspecified atom stereocenters. The number of carbonyl (C=O) groups excluding carboxylic acids is 1. The second-order valence-electron chi connectivity index (χ2n) is 4.93. The molecule has 0 saturated carbocycles. The lowest BCUT2D eigenvalue weighted by atomic mass is 10.1. The molecule has 0 N–H and O–H groups in total. The summed E-state index contributed by atoms with van der Waals surface area (Å²) in [6, 6.07) is 8.67. The molecule has 0 aliphatic heterocycles. The second-order valence-corrected chi connectivity index (χ2v) is 5.74. The van der Waals surface area contributed by atoms with Gasteiger partial charge in [0.05, 0.1) is 22.7 Å². The molecule has 0 spiro atoms. The van der Waals surface area contributed by atoms with Crippen LogP contribution >= 0.6 is 23.2 Å². The summed E-state index contributed by atoms with van der Waals surface area (Å²) in [5.41, 5.74) is 2.68. The third kappa shape index (κ3) is 4.30. The van der Waals surface area contributed by atoms with Crippen LogP contribution in [-0.2, 0) is 11.3 Å². The van der Waals surface area contributed by atoms with Crippen LogP contribution in [0.3, 0.4) is 0 Å². The highest BCUT2D eigenvalue weighted by Crippen LogP contribution is 2.32. The van der Waals surface area contributed by atoms with E-state index in [0.717, 1.165) is 11.1 Å². The van der Waals surface area contributed by atoms with Crippen LogP contribution in [-0.4, -0.2) is 13.3 Å². The van der Waals surface area contributed by atoms with Crippen molar-refractivity contribution >= 4 is 29.4 Å². The van der Waals surface area contributed by atoms with Crippen LogP contribution in [0.25, 0.3) is 0 Å². The van der Waals surface area contributed by atoms with E-state index in [4.69, 9.17) is 32.7 Å². The average Bonchev–Trinajstić information content (AvgIpc) is 2.51. The van der Waals surface area contributed by atoms with E-state index in [1.807, 2.05) is 26.0 Å². The van der Waals surface area contributed by atoms with Crippen LogP contribution in [0.4, 0.5) is 4.79 Å². The molecule has 4 nitrogen and oxygen atoms in total. The summed E-state index contributed by atoms with van der Waals surface area (Å²) in [6.45, 7) is 4.05. The molecule has 6 heteroatoms. The Bertz CT molecular complexity index is 729. The number of hydrogen-bond donors (Lipinski definition) is 0. The van der Waals surface area contributed by atoms with E-state index in [0.29, 0.717) is 21.4 Å². The summed E-state index contributed by atoms with van der Waals surface area (Å²) in [5.74, 6) is 0.822. The summed E-state index contributed by atoms with van der Waals surface area (Å²) in [4.78, 5) is 11.3. The van der Waals surface area contributed by atoms with Crippen LogP contribution in [0.5, 0.6) is 11.5 Å². The topological polar surface area (TPSA) is 44.8 Å². The molecule has 0 amide bonds. The monoisotopic (exact) mass is 354 g/mol. The minimum atomic E-state index is -0.822. The van der Waals surface area contributed by atoms with Crippen LogP contribution in [0, 0.1) is 13.8 Å². The summed E-state index contributed by atoms with van der Waals surface area (Å²) in [6.07, 6.45) is -0.822. The van der Waals surface area contributed by atoms with Gasteiger partial charge in [-0.1, -0.05) is 29.3 Å². The van der Waals surface area contributed by atoms with E-state index < -0.39 is 6.16 Å². The lowest BCUT2D eigenvalue weighted by molar-refractivity contribution is 0.120. The van der Waals surface area contributed by atoms with Crippen molar-refractivity contribution in [1.82, 2.24) is 0 Å². The predicted molar refractivity (Wildman–Crippen MR) is 89.7 cm³/mol. The number of benzene rings is 2. The van der Waals surface area contributed by atoms with Crippen molar-refractivity contribution in [3.05, 3.63) is 57.1 Å². The first-order chi connectivity index (χ1) is 10.9. The number of carbonyl (C=O) groups is 1. The maximum absolute atomic E-state index is 11.3. The maximum atomic E-state index is 11.3. The first kappa shape index (κ1) is 17.4. The lowest BCUT2D eigenvalue weighted by Crippen LogP contribution is -2.10. The van der Waals surface area contributed by atoms with Crippen LogP contribution < -0.4 is 9.47 Å². The Balaban J connectivity index is 2.23. The Kier molecular flexibility index (Phi) is 5.74. The van der Waals surface area contributed by atoms with E-state index in [-0.39, 0.29) is 12.4 Å². The highest BCUT2D eigenvalue weighted by Gasteiger charge is 2.14. The summed E-state index contributed by atoms with van der Waals surface area (Å²) < 4.78 is 15.3. The normalized spacial score (nSPS) is 10.3. The molecule has 122 valence electrons. The minimum absolute atomic E-state index is 0.105. The number of ether oxygens (including phenoxy) is 3. The smallest absolute Gasteiger partial charge is 0.487 e. The van der Waals surface area contributed by atoms with Crippen molar-refractivity contribution in [2.45, 2.75) is 20.5 Å². The largest absolute Gasteiger partial charge is 0.513 e. The fraction of sp³-hybridized carbons (Fsp3) is 0.235. The molecule has 0 aliphatic rings. The van der Waals surface area contributed by atoms with Gasteiger partial charge in [-0.05, 0) is 49.2 Å². The standard InChI is InChI=1S/C17H16Cl2O4/c1-10-7-14(19)16(8-11(10)2)22-9-12-13(18)5-4-6-15(12)23-17(20)21-3/h4-8H,9H2,1-3H3. The van der Waals surface area contributed by atoms with Crippen LogP contribution in [0.15, 0.2) is 30.3 Å². The fourth-order valence-corrected chi connectivity index (χ4v) is 2.41. The highest BCUT2D eigenvalue weighted by molar-refractivity contribution is 6.32. The first-order valence-corrected chi connectivity index (χ1v) is 7.60. The van der Waals surface area contributed by atoms with Crippen molar-refractivity contribution in [2.24, 2.45) is 0 Å². The lowest BCUT2D eigenvalue weighted by Gasteiger charge is -2.14. The SMILES string of the molecule is COC(=O)Oc1cccc(Cl)c1COc1cc(C)c(C)cc1Cl. The minimum Gasteiger partial charge on any atom is -0.487 e. The third-order valence-electron chi connectivity index (χ3n) is 3.36. The Labute approximate surface area is 144 Å². The summed E-state index contributed by atoms with van der Waals surface area (Å²) in [7, 11) is 1.23. The molecular weight excluding hydrogens is 339 g/mol. The van der Waals surface area contributed by atoms with Crippen molar-refractivity contribution in [2.75, 3.05) is 7.11 Å². The van der Waals surface area contributed by atoms with E-state index in [1.54, 1.807) is 18.2 Å². The zero-order valence-corrected chi connectivity index (χ0v) is 14.5. The molecule has 0 aliphatic carbocycles. The van der Waals surface area contributed by atoms with Gasteiger partial charge in [-0.15, -0.1) is 0 Å². The van der Waals surface area contributed by atoms with Crippen molar-refractivity contribution in [1.29, 1.82) is 0 Å². The van der Waals surface area contributed by atoms with E-state index in [1.165, 1.54) is 7.11 Å².